The Morgan fingerprint density at radius 2 is 1.58 bits per heavy atom. The molecule has 192 valence electrons. The first kappa shape index (κ1) is 24.6. The van der Waals surface area contributed by atoms with Gasteiger partial charge in [0.2, 0.25) is 5.91 Å². The van der Waals surface area contributed by atoms with Gasteiger partial charge in [-0.2, -0.15) is 0 Å². The number of carbonyl (C=O) groups excluding carboxylic acids is 2. The van der Waals surface area contributed by atoms with Gasteiger partial charge in [0, 0.05) is 77.1 Å². The second-order valence-electron chi connectivity index (χ2n) is 10.7. The number of piperidine rings is 1. The minimum Gasteiger partial charge on any atom is -0.496 e. The molecule has 0 aromatic heterocycles. The highest BCUT2D eigenvalue weighted by atomic mass is 16.5. The third kappa shape index (κ3) is 4.81. The predicted molar refractivity (Wildman–Crippen MR) is 141 cm³/mol. The van der Waals surface area contributed by atoms with Crippen LogP contribution >= 0.6 is 0 Å². The van der Waals surface area contributed by atoms with Crippen molar-refractivity contribution in [2.45, 2.75) is 25.8 Å². The summed E-state index contributed by atoms with van der Waals surface area (Å²) >= 11 is 0. The molecule has 0 bridgehead atoms. The molecule has 2 amide bonds. The summed E-state index contributed by atoms with van der Waals surface area (Å²) in [6.07, 6.45) is 2.82. The first-order chi connectivity index (χ1) is 17.4. The lowest BCUT2D eigenvalue weighted by atomic mass is 9.90. The molecule has 0 N–H and O–H groups in total. The van der Waals surface area contributed by atoms with E-state index in [0.29, 0.717) is 5.91 Å². The van der Waals surface area contributed by atoms with E-state index in [0.717, 1.165) is 82.1 Å². The van der Waals surface area contributed by atoms with Gasteiger partial charge in [-0.3, -0.25) is 14.5 Å². The van der Waals surface area contributed by atoms with Crippen molar-refractivity contribution in [3.8, 4) is 5.75 Å². The number of hydrogen-bond acceptors (Lipinski definition) is 5. The fourth-order valence-electron chi connectivity index (χ4n) is 6.04. The van der Waals surface area contributed by atoms with Crippen molar-refractivity contribution in [3.63, 3.8) is 0 Å². The Kier molecular flexibility index (Phi) is 6.93. The van der Waals surface area contributed by atoms with E-state index in [1.807, 2.05) is 66.4 Å². The molecule has 1 saturated carbocycles. The quantitative estimate of drug-likeness (QED) is 0.622. The Bertz CT molecular complexity index is 1100. The van der Waals surface area contributed by atoms with Gasteiger partial charge in [-0.25, -0.2) is 0 Å². The summed E-state index contributed by atoms with van der Waals surface area (Å²) in [4.78, 5) is 35.0. The highest BCUT2D eigenvalue weighted by molar-refractivity contribution is 5.99. The summed E-state index contributed by atoms with van der Waals surface area (Å²) in [6, 6.07) is 16.0. The molecule has 5 rings (SSSR count). The van der Waals surface area contributed by atoms with E-state index in [-0.39, 0.29) is 17.2 Å². The van der Waals surface area contributed by atoms with Crippen LogP contribution in [0.3, 0.4) is 0 Å². The van der Waals surface area contributed by atoms with Crippen LogP contribution in [0, 0.1) is 11.3 Å². The molecule has 0 radical (unpaired) electrons. The Hall–Kier alpha value is -3.06. The SMILES string of the molecule is COc1ccccc1CN1CCN(C(=O)C2CC23CCN(C(=O)c2ccccc2N(C)C)CC3)CC1. The van der Waals surface area contributed by atoms with E-state index in [4.69, 9.17) is 4.74 Å². The van der Waals surface area contributed by atoms with Crippen LogP contribution in [-0.2, 0) is 11.3 Å². The van der Waals surface area contributed by atoms with Crippen molar-refractivity contribution in [2.75, 3.05) is 65.4 Å². The van der Waals surface area contributed by atoms with Crippen molar-refractivity contribution in [2.24, 2.45) is 11.3 Å². The average molecular weight is 491 g/mol. The van der Waals surface area contributed by atoms with Crippen molar-refractivity contribution in [3.05, 3.63) is 59.7 Å². The molecule has 3 fully saturated rings. The maximum absolute atomic E-state index is 13.4. The Morgan fingerprint density at radius 3 is 2.28 bits per heavy atom. The number of ether oxygens (including phenoxy) is 1. The standard InChI is InChI=1S/C29H38N4O3/c1-30(2)25-10-6-5-9-23(25)27(34)32-14-12-29(13-15-32)20-24(29)28(35)33-18-16-31(17-19-33)21-22-8-4-7-11-26(22)36-3/h4-11,24H,12-21H2,1-3H3. The number of hydrogen-bond donors (Lipinski definition) is 0. The minimum absolute atomic E-state index is 0.101. The molecule has 1 aliphatic carbocycles. The number of para-hydroxylation sites is 2. The van der Waals surface area contributed by atoms with Gasteiger partial charge in [-0.05, 0) is 42.9 Å². The molecule has 1 unspecified atom stereocenters. The van der Waals surface area contributed by atoms with Crippen LogP contribution in [0.1, 0.15) is 35.2 Å². The molecular weight excluding hydrogens is 452 g/mol. The first-order valence-electron chi connectivity index (χ1n) is 13.1. The molecule has 36 heavy (non-hydrogen) atoms. The van der Waals surface area contributed by atoms with Gasteiger partial charge in [-0.1, -0.05) is 30.3 Å². The fraction of sp³-hybridized carbons (Fsp3) is 0.517. The second kappa shape index (κ2) is 10.1. The highest BCUT2D eigenvalue weighted by Crippen LogP contribution is 2.60. The van der Waals surface area contributed by atoms with E-state index in [1.54, 1.807) is 7.11 Å². The summed E-state index contributed by atoms with van der Waals surface area (Å²) in [6.45, 7) is 5.65. The summed E-state index contributed by atoms with van der Waals surface area (Å²) in [5.74, 6) is 1.48. The number of amides is 2. The summed E-state index contributed by atoms with van der Waals surface area (Å²) < 4.78 is 5.50. The van der Waals surface area contributed by atoms with Crippen molar-refractivity contribution in [1.82, 2.24) is 14.7 Å². The maximum Gasteiger partial charge on any atom is 0.255 e. The third-order valence-corrected chi connectivity index (χ3v) is 8.42. The largest absolute Gasteiger partial charge is 0.496 e. The van der Waals surface area contributed by atoms with E-state index in [1.165, 1.54) is 5.56 Å². The second-order valence-corrected chi connectivity index (χ2v) is 10.7. The molecule has 1 spiro atoms. The summed E-state index contributed by atoms with van der Waals surface area (Å²) in [5.41, 5.74) is 3.00. The molecule has 3 aliphatic rings. The maximum atomic E-state index is 13.4. The molecule has 1 atom stereocenters. The first-order valence-corrected chi connectivity index (χ1v) is 13.1. The van der Waals surface area contributed by atoms with Gasteiger partial charge in [0.15, 0.2) is 0 Å². The number of likely N-dealkylation sites (tertiary alicyclic amines) is 1. The lowest BCUT2D eigenvalue weighted by molar-refractivity contribution is -0.135. The molecule has 2 saturated heterocycles. The molecule has 2 heterocycles. The number of benzene rings is 2. The Morgan fingerprint density at radius 1 is 0.917 bits per heavy atom. The summed E-state index contributed by atoms with van der Waals surface area (Å²) in [7, 11) is 5.65. The predicted octanol–water partition coefficient (Wildman–Crippen LogP) is 3.35. The topological polar surface area (TPSA) is 56.3 Å². The van der Waals surface area contributed by atoms with Crippen molar-refractivity contribution in [1.29, 1.82) is 0 Å². The van der Waals surface area contributed by atoms with Crippen LogP contribution in [0.5, 0.6) is 5.75 Å². The molecular formula is C29H38N4O3. The van der Waals surface area contributed by atoms with E-state index >= 15 is 0 Å². The minimum atomic E-state index is 0.101. The number of nitrogens with zero attached hydrogens (tertiary/aromatic N) is 4. The van der Waals surface area contributed by atoms with Crippen LogP contribution in [0.25, 0.3) is 0 Å². The van der Waals surface area contributed by atoms with E-state index < -0.39 is 0 Å². The molecule has 2 aliphatic heterocycles. The number of methoxy groups -OCH3 is 1. The highest BCUT2D eigenvalue weighted by Gasteiger charge is 2.59. The summed E-state index contributed by atoms with van der Waals surface area (Å²) in [5, 5.41) is 0. The smallest absolute Gasteiger partial charge is 0.255 e. The van der Waals surface area contributed by atoms with Gasteiger partial charge in [0.25, 0.3) is 5.91 Å². The Balaban J connectivity index is 1.12. The number of piperazine rings is 1. The van der Waals surface area contributed by atoms with Gasteiger partial charge >= 0.3 is 0 Å². The van der Waals surface area contributed by atoms with Crippen LogP contribution in [0.2, 0.25) is 0 Å². The van der Waals surface area contributed by atoms with Crippen LogP contribution in [0.4, 0.5) is 5.69 Å². The van der Waals surface area contributed by atoms with Crippen LogP contribution in [0.15, 0.2) is 48.5 Å². The zero-order valence-electron chi connectivity index (χ0n) is 21.8. The monoisotopic (exact) mass is 490 g/mol. The fourth-order valence-corrected chi connectivity index (χ4v) is 6.04. The van der Waals surface area contributed by atoms with Gasteiger partial charge in [0.05, 0.1) is 12.7 Å². The van der Waals surface area contributed by atoms with Crippen molar-refractivity contribution < 1.29 is 14.3 Å². The van der Waals surface area contributed by atoms with Gasteiger partial charge in [0.1, 0.15) is 5.75 Å². The Labute approximate surface area is 214 Å². The zero-order valence-corrected chi connectivity index (χ0v) is 21.8. The van der Waals surface area contributed by atoms with Crippen LogP contribution in [-0.4, -0.2) is 87.0 Å². The van der Waals surface area contributed by atoms with Gasteiger partial charge < -0.3 is 19.4 Å². The van der Waals surface area contributed by atoms with Crippen LogP contribution < -0.4 is 9.64 Å². The molecule has 7 nitrogen and oxygen atoms in total. The van der Waals surface area contributed by atoms with E-state index in [2.05, 4.69) is 15.9 Å². The average Bonchev–Trinajstić information content (AvgIpc) is 3.61. The number of anilines is 1. The molecule has 2 aromatic rings. The number of carbonyl (C=O) groups is 2. The number of rotatable bonds is 6. The van der Waals surface area contributed by atoms with Gasteiger partial charge in [-0.15, -0.1) is 0 Å². The zero-order chi connectivity index (χ0) is 25.3. The molecule has 7 heteroatoms. The van der Waals surface area contributed by atoms with E-state index in [9.17, 15) is 9.59 Å². The molecule has 2 aromatic carbocycles. The lowest BCUT2D eigenvalue weighted by Gasteiger charge is -2.37. The third-order valence-electron chi connectivity index (χ3n) is 8.42. The normalized spacial score (nSPS) is 21.4. The lowest BCUT2D eigenvalue weighted by Crippen LogP contribution is -2.49. The van der Waals surface area contributed by atoms with Crippen molar-refractivity contribution >= 4 is 17.5 Å².